The Balaban J connectivity index is 1.74. The van der Waals surface area contributed by atoms with Crippen LogP contribution >= 0.6 is 0 Å². The molecule has 19 heavy (non-hydrogen) atoms. The molecule has 3 heteroatoms. The molecule has 3 rings (SSSR count). The minimum absolute atomic E-state index is 0.0897. The lowest BCUT2D eigenvalue weighted by Gasteiger charge is -2.33. The van der Waals surface area contributed by atoms with Gasteiger partial charge in [-0.2, -0.15) is 0 Å². The van der Waals surface area contributed by atoms with Crippen molar-refractivity contribution in [1.29, 1.82) is 0 Å². The SMILES string of the molecule is CNC(c1ccc(OC2CC2)cc1)C1(C)CCCO1. The molecule has 1 aliphatic heterocycles. The van der Waals surface area contributed by atoms with Crippen LogP contribution < -0.4 is 10.1 Å². The van der Waals surface area contributed by atoms with E-state index >= 15 is 0 Å². The number of likely N-dealkylation sites (N-methyl/N-ethyl adjacent to an activating group) is 1. The van der Waals surface area contributed by atoms with Crippen molar-refractivity contribution < 1.29 is 9.47 Å². The summed E-state index contributed by atoms with van der Waals surface area (Å²) in [4.78, 5) is 0. The Morgan fingerprint density at radius 3 is 2.58 bits per heavy atom. The van der Waals surface area contributed by atoms with Gasteiger partial charge in [-0.3, -0.25) is 0 Å². The van der Waals surface area contributed by atoms with E-state index in [1.807, 2.05) is 7.05 Å². The molecule has 2 aliphatic rings. The number of benzene rings is 1. The van der Waals surface area contributed by atoms with Gasteiger partial charge in [0, 0.05) is 6.61 Å². The molecule has 0 bridgehead atoms. The molecule has 2 unspecified atom stereocenters. The summed E-state index contributed by atoms with van der Waals surface area (Å²) in [5, 5.41) is 3.41. The standard InChI is InChI=1S/C16H23NO2/c1-16(10-3-11-18-16)15(17-2)12-4-6-13(7-5-12)19-14-8-9-14/h4-7,14-15,17H,3,8-11H2,1-2H3. The third-order valence-corrected chi connectivity index (χ3v) is 4.19. The molecule has 1 saturated heterocycles. The second-order valence-electron chi connectivity index (χ2n) is 5.87. The van der Waals surface area contributed by atoms with Crippen LogP contribution in [0.15, 0.2) is 24.3 Å². The van der Waals surface area contributed by atoms with Gasteiger partial charge < -0.3 is 14.8 Å². The van der Waals surface area contributed by atoms with Crippen LogP contribution in [0.5, 0.6) is 5.75 Å². The Kier molecular flexibility index (Phi) is 3.50. The molecule has 1 aromatic carbocycles. The van der Waals surface area contributed by atoms with Gasteiger partial charge in [0.05, 0.1) is 17.7 Å². The fourth-order valence-corrected chi connectivity index (χ4v) is 2.97. The average Bonchev–Trinajstić information content (AvgIpc) is 3.12. The number of nitrogens with one attached hydrogen (secondary N) is 1. The van der Waals surface area contributed by atoms with E-state index in [1.54, 1.807) is 0 Å². The van der Waals surface area contributed by atoms with Gasteiger partial charge in [-0.05, 0) is 57.4 Å². The first kappa shape index (κ1) is 12.9. The molecule has 104 valence electrons. The van der Waals surface area contributed by atoms with Crippen molar-refractivity contribution in [3.8, 4) is 5.75 Å². The Hall–Kier alpha value is -1.06. The summed E-state index contributed by atoms with van der Waals surface area (Å²) in [7, 11) is 2.01. The highest BCUT2D eigenvalue weighted by Crippen LogP contribution is 2.37. The second kappa shape index (κ2) is 5.14. The third-order valence-electron chi connectivity index (χ3n) is 4.19. The molecule has 1 heterocycles. The van der Waals surface area contributed by atoms with Crippen LogP contribution in [0.1, 0.15) is 44.2 Å². The zero-order chi connectivity index (χ0) is 13.3. The van der Waals surface area contributed by atoms with Crippen LogP contribution in [0.25, 0.3) is 0 Å². The molecular formula is C16H23NO2. The lowest BCUT2D eigenvalue weighted by atomic mass is 9.88. The second-order valence-corrected chi connectivity index (χ2v) is 5.87. The predicted octanol–water partition coefficient (Wildman–Crippen LogP) is 3.06. The van der Waals surface area contributed by atoms with E-state index in [0.29, 0.717) is 6.10 Å². The molecule has 1 aromatic rings. The van der Waals surface area contributed by atoms with Gasteiger partial charge >= 0.3 is 0 Å². The molecule has 3 nitrogen and oxygen atoms in total. The van der Waals surface area contributed by atoms with E-state index in [-0.39, 0.29) is 11.6 Å². The van der Waals surface area contributed by atoms with E-state index in [0.717, 1.165) is 25.2 Å². The highest BCUT2D eigenvalue weighted by molar-refractivity contribution is 5.31. The van der Waals surface area contributed by atoms with Gasteiger partial charge in [-0.1, -0.05) is 12.1 Å². The van der Waals surface area contributed by atoms with Crippen LogP contribution in [0.2, 0.25) is 0 Å². The van der Waals surface area contributed by atoms with Gasteiger partial charge in [0.2, 0.25) is 0 Å². The minimum Gasteiger partial charge on any atom is -0.490 e. The quantitative estimate of drug-likeness (QED) is 0.883. The molecule has 1 aliphatic carbocycles. The van der Waals surface area contributed by atoms with Crippen LogP contribution in [-0.2, 0) is 4.74 Å². The number of hydrogen-bond donors (Lipinski definition) is 1. The van der Waals surface area contributed by atoms with Crippen molar-refractivity contribution in [2.45, 2.75) is 50.4 Å². The van der Waals surface area contributed by atoms with Crippen molar-refractivity contribution in [3.63, 3.8) is 0 Å². The normalized spacial score (nSPS) is 28.3. The summed E-state index contributed by atoms with van der Waals surface area (Å²) < 4.78 is 11.8. The van der Waals surface area contributed by atoms with Gasteiger partial charge in [0.15, 0.2) is 0 Å². The summed E-state index contributed by atoms with van der Waals surface area (Å²) in [5.74, 6) is 0.985. The molecule has 2 atom stereocenters. The Morgan fingerprint density at radius 2 is 2.05 bits per heavy atom. The van der Waals surface area contributed by atoms with Gasteiger partial charge in [-0.25, -0.2) is 0 Å². The number of ether oxygens (including phenoxy) is 2. The van der Waals surface area contributed by atoms with Crippen LogP contribution in [0.3, 0.4) is 0 Å². The first-order valence-electron chi connectivity index (χ1n) is 7.29. The highest BCUT2D eigenvalue weighted by atomic mass is 16.5. The van der Waals surface area contributed by atoms with E-state index < -0.39 is 0 Å². The van der Waals surface area contributed by atoms with E-state index in [1.165, 1.54) is 18.4 Å². The van der Waals surface area contributed by atoms with Crippen molar-refractivity contribution in [3.05, 3.63) is 29.8 Å². The molecule has 0 amide bonds. The van der Waals surface area contributed by atoms with E-state index in [2.05, 4.69) is 36.5 Å². The Bertz CT molecular complexity index is 419. The zero-order valence-electron chi connectivity index (χ0n) is 11.8. The molecule has 0 radical (unpaired) electrons. The maximum atomic E-state index is 5.96. The van der Waals surface area contributed by atoms with E-state index in [9.17, 15) is 0 Å². The monoisotopic (exact) mass is 261 g/mol. The van der Waals surface area contributed by atoms with Crippen LogP contribution in [-0.4, -0.2) is 25.4 Å². The summed E-state index contributed by atoms with van der Waals surface area (Å²) in [6.07, 6.45) is 5.12. The van der Waals surface area contributed by atoms with Gasteiger partial charge in [0.1, 0.15) is 5.75 Å². The number of rotatable bonds is 5. The zero-order valence-corrected chi connectivity index (χ0v) is 11.8. The molecule has 1 N–H and O–H groups in total. The van der Waals surface area contributed by atoms with Gasteiger partial charge in [-0.15, -0.1) is 0 Å². The van der Waals surface area contributed by atoms with Crippen molar-refractivity contribution in [1.82, 2.24) is 5.32 Å². The predicted molar refractivity (Wildman–Crippen MR) is 75.5 cm³/mol. The van der Waals surface area contributed by atoms with Gasteiger partial charge in [0.25, 0.3) is 0 Å². The molecular weight excluding hydrogens is 238 g/mol. The third kappa shape index (κ3) is 2.77. The lowest BCUT2D eigenvalue weighted by molar-refractivity contribution is -0.0104. The largest absolute Gasteiger partial charge is 0.490 e. The fraction of sp³-hybridized carbons (Fsp3) is 0.625. The average molecular weight is 261 g/mol. The molecule has 1 saturated carbocycles. The highest BCUT2D eigenvalue weighted by Gasteiger charge is 2.38. The Morgan fingerprint density at radius 1 is 1.32 bits per heavy atom. The van der Waals surface area contributed by atoms with E-state index in [4.69, 9.17) is 9.47 Å². The molecule has 2 fully saturated rings. The summed E-state index contributed by atoms with van der Waals surface area (Å²) in [5.41, 5.74) is 1.18. The Labute approximate surface area is 115 Å². The maximum Gasteiger partial charge on any atom is 0.119 e. The van der Waals surface area contributed by atoms with Crippen LogP contribution in [0, 0.1) is 0 Å². The maximum absolute atomic E-state index is 5.96. The molecule has 0 aromatic heterocycles. The topological polar surface area (TPSA) is 30.5 Å². The summed E-state index contributed by atoms with van der Waals surface area (Å²) >= 11 is 0. The first-order chi connectivity index (χ1) is 9.21. The fourth-order valence-electron chi connectivity index (χ4n) is 2.97. The number of hydrogen-bond acceptors (Lipinski definition) is 3. The lowest BCUT2D eigenvalue weighted by Crippen LogP contribution is -2.39. The summed E-state index contributed by atoms with van der Waals surface area (Å²) in [6, 6.07) is 8.72. The van der Waals surface area contributed by atoms with Crippen molar-refractivity contribution in [2.75, 3.05) is 13.7 Å². The van der Waals surface area contributed by atoms with Crippen molar-refractivity contribution >= 4 is 0 Å². The smallest absolute Gasteiger partial charge is 0.119 e. The van der Waals surface area contributed by atoms with Crippen molar-refractivity contribution in [2.24, 2.45) is 0 Å². The summed E-state index contributed by atoms with van der Waals surface area (Å²) in [6.45, 7) is 3.08. The first-order valence-corrected chi connectivity index (χ1v) is 7.29. The minimum atomic E-state index is -0.0897. The van der Waals surface area contributed by atoms with Crippen LogP contribution in [0.4, 0.5) is 0 Å². The molecule has 0 spiro atoms.